The number of carbonyl (C=O) groups is 3. The Balaban J connectivity index is 4.82. The number of esters is 3. The molecule has 0 spiro atoms. The lowest BCUT2D eigenvalue weighted by Gasteiger charge is -2.21. The van der Waals surface area contributed by atoms with Gasteiger partial charge in [0.15, 0.2) is 6.10 Å². The number of phosphoric ester groups is 1. The Kier molecular flexibility index (Phi) is 50.0. The molecular formula is C58H101O11P. The lowest BCUT2D eigenvalue weighted by Crippen LogP contribution is -2.30. The first-order valence-electron chi connectivity index (χ1n) is 27.8. The van der Waals surface area contributed by atoms with Crippen LogP contribution in [0.5, 0.6) is 0 Å². The number of unbranched alkanes of at least 4 members (excludes halogenated alkanes) is 22. The van der Waals surface area contributed by atoms with Crippen LogP contribution >= 0.6 is 7.82 Å². The summed E-state index contributed by atoms with van der Waals surface area (Å²) in [5, 5.41) is 9.76. The third kappa shape index (κ3) is 49.9. The van der Waals surface area contributed by atoms with E-state index in [4.69, 9.17) is 23.3 Å². The van der Waals surface area contributed by atoms with Crippen LogP contribution in [0.1, 0.15) is 239 Å². The summed E-state index contributed by atoms with van der Waals surface area (Å²) < 4.78 is 39.3. The first-order chi connectivity index (χ1) is 34.2. The van der Waals surface area contributed by atoms with Crippen LogP contribution in [0, 0.1) is 0 Å². The van der Waals surface area contributed by atoms with Crippen LogP contribution < -0.4 is 0 Å². The van der Waals surface area contributed by atoms with Crippen molar-refractivity contribution in [3.63, 3.8) is 0 Å². The largest absolute Gasteiger partial charge is 0.472 e. The molecule has 3 atom stereocenters. The molecule has 0 bridgehead atoms. The van der Waals surface area contributed by atoms with E-state index in [0.717, 1.165) is 77.0 Å². The van der Waals surface area contributed by atoms with Crippen molar-refractivity contribution in [2.45, 2.75) is 251 Å². The van der Waals surface area contributed by atoms with Gasteiger partial charge in [0, 0.05) is 19.3 Å². The maximum absolute atomic E-state index is 12.9. The molecule has 0 amide bonds. The second kappa shape index (κ2) is 52.2. The van der Waals surface area contributed by atoms with Crippen molar-refractivity contribution in [3.8, 4) is 0 Å². The summed E-state index contributed by atoms with van der Waals surface area (Å²) in [6.45, 7) is 4.43. The maximum atomic E-state index is 12.9. The number of ether oxygens (including phenoxy) is 3. The molecule has 0 heterocycles. The Morgan fingerprint density at radius 3 is 1.11 bits per heavy atom. The first kappa shape index (κ1) is 66.9. The molecule has 0 rings (SSSR count). The number of carbonyl (C=O) groups excluding carboxylic acids is 3. The highest BCUT2D eigenvalue weighted by Gasteiger charge is 2.28. The monoisotopic (exact) mass is 1000 g/mol. The zero-order chi connectivity index (χ0) is 51.3. The summed E-state index contributed by atoms with van der Waals surface area (Å²) >= 11 is 0. The molecule has 12 heteroatoms. The van der Waals surface area contributed by atoms with Crippen LogP contribution in [0.4, 0.5) is 0 Å². The average molecular weight is 1010 g/mol. The molecule has 0 radical (unpaired) electrons. The van der Waals surface area contributed by atoms with E-state index in [2.05, 4.69) is 81.5 Å². The number of rotatable bonds is 51. The fourth-order valence-electron chi connectivity index (χ4n) is 7.44. The lowest BCUT2D eigenvalue weighted by atomic mass is 10.0. The Bertz CT molecular complexity index is 1450. The molecule has 0 aliphatic heterocycles. The topological polar surface area (TPSA) is 155 Å². The molecule has 0 aromatic heterocycles. The smallest absolute Gasteiger partial charge is 0.462 e. The van der Waals surface area contributed by atoms with Gasteiger partial charge in [-0.15, -0.1) is 0 Å². The summed E-state index contributed by atoms with van der Waals surface area (Å²) in [5.41, 5.74) is 0. The van der Waals surface area contributed by atoms with Gasteiger partial charge in [-0.2, -0.15) is 0 Å². The summed E-state index contributed by atoms with van der Waals surface area (Å²) in [4.78, 5) is 48.3. The van der Waals surface area contributed by atoms with E-state index in [1.54, 1.807) is 0 Å². The second-order valence-electron chi connectivity index (χ2n) is 18.4. The highest BCUT2D eigenvalue weighted by Crippen LogP contribution is 2.43. The fraction of sp³-hybridized carbons (Fsp3) is 0.741. The predicted octanol–water partition coefficient (Wildman–Crippen LogP) is 16.1. The van der Waals surface area contributed by atoms with Gasteiger partial charge in [-0.25, -0.2) is 4.57 Å². The quantitative estimate of drug-likeness (QED) is 0.0197. The van der Waals surface area contributed by atoms with Gasteiger partial charge in [0.1, 0.15) is 12.7 Å². The molecule has 70 heavy (non-hydrogen) atoms. The summed E-state index contributed by atoms with van der Waals surface area (Å²) in [7, 11) is -4.75. The third-order valence-electron chi connectivity index (χ3n) is 11.7. The molecule has 0 saturated heterocycles. The van der Waals surface area contributed by atoms with Crippen LogP contribution in [-0.4, -0.2) is 66.5 Å². The van der Waals surface area contributed by atoms with E-state index < -0.39 is 57.8 Å². The average Bonchev–Trinajstić information content (AvgIpc) is 3.35. The maximum Gasteiger partial charge on any atom is 0.472 e. The SMILES string of the molecule is CC/C=C\C/C=C\C/C=C\C/C=C\C/C=C\C/C=C\CCC(=O)OCC(COP(=O)(O)OCC(CO)OC(=O)CCCCCCCCCCC)OC(=O)CCCCCCCCCCCCCCCCC. The van der Waals surface area contributed by atoms with E-state index in [1.165, 1.54) is 103 Å². The van der Waals surface area contributed by atoms with Crippen LogP contribution in [0.25, 0.3) is 0 Å². The van der Waals surface area contributed by atoms with Gasteiger partial charge in [0.2, 0.25) is 0 Å². The van der Waals surface area contributed by atoms with E-state index in [0.29, 0.717) is 19.3 Å². The predicted molar refractivity (Wildman–Crippen MR) is 288 cm³/mol. The number of aliphatic hydroxyl groups excluding tert-OH is 1. The highest BCUT2D eigenvalue weighted by molar-refractivity contribution is 7.47. The third-order valence-corrected chi connectivity index (χ3v) is 12.6. The normalized spacial score (nSPS) is 14.0. The van der Waals surface area contributed by atoms with Gasteiger partial charge >= 0.3 is 25.7 Å². The van der Waals surface area contributed by atoms with E-state index >= 15 is 0 Å². The molecule has 0 fully saturated rings. The molecule has 0 aliphatic rings. The molecule has 0 aliphatic carbocycles. The van der Waals surface area contributed by atoms with Crippen molar-refractivity contribution >= 4 is 25.7 Å². The Morgan fingerprint density at radius 2 is 0.743 bits per heavy atom. The number of hydrogen-bond acceptors (Lipinski definition) is 10. The molecule has 2 N–H and O–H groups in total. The molecule has 0 saturated carbocycles. The minimum atomic E-state index is -4.75. The number of aliphatic hydroxyl groups is 1. The Labute approximate surface area is 427 Å². The molecule has 404 valence electrons. The fourth-order valence-corrected chi connectivity index (χ4v) is 8.23. The van der Waals surface area contributed by atoms with Gasteiger partial charge in [-0.1, -0.05) is 235 Å². The summed E-state index contributed by atoms with van der Waals surface area (Å²) in [6.07, 6.45) is 57.5. The van der Waals surface area contributed by atoms with E-state index in [-0.39, 0.29) is 25.9 Å². The highest BCUT2D eigenvalue weighted by atomic mass is 31.2. The van der Waals surface area contributed by atoms with Crippen LogP contribution in [-0.2, 0) is 42.2 Å². The van der Waals surface area contributed by atoms with Gasteiger partial charge in [-0.3, -0.25) is 23.4 Å². The van der Waals surface area contributed by atoms with Gasteiger partial charge in [0.25, 0.3) is 0 Å². The van der Waals surface area contributed by atoms with E-state index in [1.807, 2.05) is 12.2 Å². The molecule has 3 unspecified atom stereocenters. The van der Waals surface area contributed by atoms with Crippen LogP contribution in [0.3, 0.4) is 0 Å². The van der Waals surface area contributed by atoms with Crippen LogP contribution in [0.2, 0.25) is 0 Å². The summed E-state index contributed by atoms with van der Waals surface area (Å²) in [6, 6.07) is 0. The van der Waals surface area contributed by atoms with Crippen molar-refractivity contribution in [1.82, 2.24) is 0 Å². The van der Waals surface area contributed by atoms with Crippen LogP contribution in [0.15, 0.2) is 72.9 Å². The summed E-state index contributed by atoms with van der Waals surface area (Å²) in [5.74, 6) is -1.56. The number of phosphoric acid groups is 1. The Hall–Kier alpha value is -3.08. The zero-order valence-corrected chi connectivity index (χ0v) is 45.4. The molecule has 0 aromatic carbocycles. The van der Waals surface area contributed by atoms with Gasteiger partial charge in [0.05, 0.1) is 19.8 Å². The Morgan fingerprint density at radius 1 is 0.414 bits per heavy atom. The van der Waals surface area contributed by atoms with E-state index in [9.17, 15) is 28.9 Å². The standard InChI is InChI=1S/C58H101O11P/c1-4-7-10-13-16-19-21-23-25-26-27-28-30-31-33-36-38-41-44-47-56(60)65-51-55(69-58(62)49-46-43-40-37-34-32-29-24-22-20-17-14-11-8-5-2)53-67-70(63,64)66-52-54(50-59)68-57(61)48-45-42-39-35-18-15-12-9-6-3/h7,10,16,19,23,25,27-28,31,33,38,41,54-55,59H,4-6,8-9,11-15,17-18,20-22,24,26,29-30,32,34-37,39-40,42-53H2,1-3H3,(H,63,64)/b10-7-,19-16-,25-23-,28-27-,33-31-,41-38-. The number of hydrogen-bond donors (Lipinski definition) is 2. The molecule has 0 aromatic rings. The van der Waals surface area contributed by atoms with Gasteiger partial charge in [-0.05, 0) is 57.8 Å². The van der Waals surface area contributed by atoms with Crippen molar-refractivity contribution in [1.29, 1.82) is 0 Å². The molecular weight excluding hydrogens is 904 g/mol. The van der Waals surface area contributed by atoms with Crippen molar-refractivity contribution in [2.75, 3.05) is 26.4 Å². The number of allylic oxidation sites excluding steroid dienone is 12. The second-order valence-corrected chi connectivity index (χ2v) is 19.8. The minimum absolute atomic E-state index is 0.102. The van der Waals surface area contributed by atoms with Crippen molar-refractivity contribution < 1.29 is 52.2 Å². The van der Waals surface area contributed by atoms with Crippen molar-refractivity contribution in [3.05, 3.63) is 72.9 Å². The minimum Gasteiger partial charge on any atom is -0.462 e. The first-order valence-corrected chi connectivity index (χ1v) is 29.3. The molecule has 11 nitrogen and oxygen atoms in total. The zero-order valence-electron chi connectivity index (χ0n) is 44.5. The lowest BCUT2D eigenvalue weighted by molar-refractivity contribution is -0.161. The van der Waals surface area contributed by atoms with Gasteiger partial charge < -0.3 is 24.2 Å². The van der Waals surface area contributed by atoms with Crippen molar-refractivity contribution in [2.24, 2.45) is 0 Å².